The quantitative estimate of drug-likeness (QED) is 0.816. The number of carbonyl (C=O) groups excluding carboxylic acids is 2. The molecule has 1 fully saturated rings. The first-order chi connectivity index (χ1) is 10.3. The van der Waals surface area contributed by atoms with Crippen molar-refractivity contribution >= 4 is 69.2 Å². The summed E-state index contributed by atoms with van der Waals surface area (Å²) in [5, 5.41) is 3.60. The van der Waals surface area contributed by atoms with E-state index in [4.69, 9.17) is 34.8 Å². The first kappa shape index (κ1) is 17.4. The third-order valence-corrected chi connectivity index (χ3v) is 5.34. The third kappa shape index (κ3) is 3.68. The SMILES string of the molecule is CN=C1S[C@@H](CC(=O)Nc2cc(Cl)c(Cl)cc2Cl)C(=O)N1C. The maximum atomic E-state index is 12.1. The van der Waals surface area contributed by atoms with Gasteiger partial charge in [0.2, 0.25) is 11.8 Å². The number of benzene rings is 1. The van der Waals surface area contributed by atoms with Crippen LogP contribution in [0.3, 0.4) is 0 Å². The first-order valence-electron chi connectivity index (χ1n) is 6.19. The summed E-state index contributed by atoms with van der Waals surface area (Å²) in [5.41, 5.74) is 0.356. The summed E-state index contributed by atoms with van der Waals surface area (Å²) >= 11 is 19.0. The Kier molecular flexibility index (Phi) is 5.60. The van der Waals surface area contributed by atoms with E-state index in [0.717, 1.165) is 0 Å². The van der Waals surface area contributed by atoms with Crippen LogP contribution in [0, 0.1) is 0 Å². The highest BCUT2D eigenvalue weighted by Crippen LogP contribution is 2.33. The Morgan fingerprint density at radius 2 is 1.95 bits per heavy atom. The van der Waals surface area contributed by atoms with E-state index in [1.54, 1.807) is 14.1 Å². The summed E-state index contributed by atoms with van der Waals surface area (Å²) < 4.78 is 0. The molecule has 22 heavy (non-hydrogen) atoms. The molecule has 0 bridgehead atoms. The van der Waals surface area contributed by atoms with E-state index in [1.165, 1.54) is 28.8 Å². The Balaban J connectivity index is 2.05. The van der Waals surface area contributed by atoms with Crippen molar-refractivity contribution in [3.63, 3.8) is 0 Å². The van der Waals surface area contributed by atoms with Crippen LogP contribution in [0.5, 0.6) is 0 Å². The lowest BCUT2D eigenvalue weighted by Gasteiger charge is -2.11. The van der Waals surface area contributed by atoms with Crippen molar-refractivity contribution in [1.29, 1.82) is 0 Å². The number of nitrogens with one attached hydrogen (secondary N) is 1. The van der Waals surface area contributed by atoms with Gasteiger partial charge in [-0.25, -0.2) is 0 Å². The van der Waals surface area contributed by atoms with Crippen molar-refractivity contribution in [3.05, 3.63) is 27.2 Å². The van der Waals surface area contributed by atoms with E-state index in [0.29, 0.717) is 15.9 Å². The van der Waals surface area contributed by atoms with E-state index >= 15 is 0 Å². The molecule has 2 rings (SSSR count). The van der Waals surface area contributed by atoms with Crippen LogP contribution in [-0.4, -0.2) is 41.2 Å². The van der Waals surface area contributed by atoms with Crippen molar-refractivity contribution in [2.24, 2.45) is 4.99 Å². The van der Waals surface area contributed by atoms with Gasteiger partial charge in [0.1, 0.15) is 5.25 Å². The van der Waals surface area contributed by atoms with E-state index in [9.17, 15) is 9.59 Å². The molecule has 9 heteroatoms. The van der Waals surface area contributed by atoms with Crippen molar-refractivity contribution < 1.29 is 9.59 Å². The number of halogens is 3. The highest BCUT2D eigenvalue weighted by atomic mass is 35.5. The summed E-state index contributed by atoms with van der Waals surface area (Å²) in [6.45, 7) is 0. The van der Waals surface area contributed by atoms with Crippen LogP contribution in [0.1, 0.15) is 6.42 Å². The molecule has 0 unspecified atom stereocenters. The lowest BCUT2D eigenvalue weighted by atomic mass is 10.2. The normalized spacial score (nSPS) is 19.9. The molecule has 1 aromatic carbocycles. The second kappa shape index (κ2) is 7.08. The van der Waals surface area contributed by atoms with Gasteiger partial charge < -0.3 is 5.32 Å². The maximum Gasteiger partial charge on any atom is 0.242 e. The Morgan fingerprint density at radius 1 is 1.32 bits per heavy atom. The standard InChI is InChI=1S/C13H12Cl3N3O2S/c1-17-13-19(2)12(21)10(22-13)5-11(20)18-9-4-7(15)6(14)3-8(9)16/h3-4,10H,5H2,1-2H3,(H,18,20)/t10-/m0/s1. The van der Waals surface area contributed by atoms with Crippen molar-refractivity contribution in [2.75, 3.05) is 19.4 Å². The van der Waals surface area contributed by atoms with Crippen LogP contribution >= 0.6 is 46.6 Å². The second-order valence-corrected chi connectivity index (χ2v) is 6.90. The maximum absolute atomic E-state index is 12.1. The van der Waals surface area contributed by atoms with Crippen LogP contribution in [0.15, 0.2) is 17.1 Å². The van der Waals surface area contributed by atoms with Crippen LogP contribution in [-0.2, 0) is 9.59 Å². The molecule has 5 nitrogen and oxygen atoms in total. The van der Waals surface area contributed by atoms with Gasteiger partial charge in [0.05, 0.1) is 20.8 Å². The molecule has 1 saturated heterocycles. The molecular formula is C13H12Cl3N3O2S. The minimum absolute atomic E-state index is 0.0173. The molecule has 1 aliphatic heterocycles. The molecule has 0 aromatic heterocycles. The van der Waals surface area contributed by atoms with Gasteiger partial charge in [-0.05, 0) is 12.1 Å². The molecule has 1 aromatic rings. The van der Waals surface area contributed by atoms with E-state index in [-0.39, 0.29) is 28.3 Å². The van der Waals surface area contributed by atoms with Crippen LogP contribution in [0.4, 0.5) is 5.69 Å². The zero-order valence-electron chi connectivity index (χ0n) is 11.7. The highest BCUT2D eigenvalue weighted by Gasteiger charge is 2.36. The van der Waals surface area contributed by atoms with E-state index in [2.05, 4.69) is 10.3 Å². The summed E-state index contributed by atoms with van der Waals surface area (Å²) in [7, 11) is 3.23. The summed E-state index contributed by atoms with van der Waals surface area (Å²) in [5.74, 6) is -0.488. The van der Waals surface area contributed by atoms with Gasteiger partial charge >= 0.3 is 0 Å². The summed E-state index contributed by atoms with van der Waals surface area (Å²) in [6.07, 6.45) is 0.0173. The molecule has 0 spiro atoms. The Labute approximate surface area is 147 Å². The predicted molar refractivity (Wildman–Crippen MR) is 92.2 cm³/mol. The largest absolute Gasteiger partial charge is 0.325 e. The summed E-state index contributed by atoms with van der Waals surface area (Å²) in [6, 6.07) is 2.92. The molecule has 0 saturated carbocycles. The minimum Gasteiger partial charge on any atom is -0.325 e. The second-order valence-electron chi connectivity index (χ2n) is 4.51. The fourth-order valence-electron chi connectivity index (χ4n) is 1.89. The van der Waals surface area contributed by atoms with Gasteiger partial charge in [0, 0.05) is 20.5 Å². The summed E-state index contributed by atoms with van der Waals surface area (Å²) in [4.78, 5) is 29.5. The fraction of sp³-hybridized carbons (Fsp3) is 0.308. The average molecular weight is 381 g/mol. The van der Waals surface area contributed by atoms with Gasteiger partial charge in [-0.1, -0.05) is 46.6 Å². The van der Waals surface area contributed by atoms with Crippen molar-refractivity contribution in [2.45, 2.75) is 11.7 Å². The Morgan fingerprint density at radius 3 is 2.55 bits per heavy atom. The number of amidine groups is 1. The lowest BCUT2D eigenvalue weighted by molar-refractivity contribution is -0.127. The van der Waals surface area contributed by atoms with Gasteiger partial charge in [-0.15, -0.1) is 0 Å². The molecule has 118 valence electrons. The van der Waals surface area contributed by atoms with Gasteiger partial charge in [0.15, 0.2) is 5.17 Å². The topological polar surface area (TPSA) is 61.8 Å². The molecule has 1 aliphatic rings. The van der Waals surface area contributed by atoms with Crippen molar-refractivity contribution in [3.8, 4) is 0 Å². The lowest BCUT2D eigenvalue weighted by Crippen LogP contribution is -2.30. The molecule has 1 atom stereocenters. The molecule has 0 radical (unpaired) electrons. The van der Waals surface area contributed by atoms with E-state index < -0.39 is 5.25 Å². The smallest absolute Gasteiger partial charge is 0.242 e. The average Bonchev–Trinajstić information content (AvgIpc) is 2.72. The number of hydrogen-bond acceptors (Lipinski definition) is 4. The Bertz CT molecular complexity index is 666. The minimum atomic E-state index is -0.495. The number of amides is 2. The number of anilines is 1. The zero-order chi connectivity index (χ0) is 16.4. The van der Waals surface area contributed by atoms with Gasteiger partial charge in [-0.3, -0.25) is 19.5 Å². The number of carbonyl (C=O) groups is 2. The first-order valence-corrected chi connectivity index (χ1v) is 8.20. The zero-order valence-corrected chi connectivity index (χ0v) is 14.8. The molecule has 1 heterocycles. The van der Waals surface area contributed by atoms with Gasteiger partial charge in [0.25, 0.3) is 0 Å². The number of aliphatic imine (C=N–C) groups is 1. The van der Waals surface area contributed by atoms with E-state index in [1.807, 2.05) is 0 Å². The number of thioether (sulfide) groups is 1. The van der Waals surface area contributed by atoms with Crippen LogP contribution in [0.25, 0.3) is 0 Å². The molecule has 1 N–H and O–H groups in total. The van der Waals surface area contributed by atoms with Crippen molar-refractivity contribution in [1.82, 2.24) is 4.90 Å². The number of hydrogen-bond donors (Lipinski definition) is 1. The molecule has 2 amide bonds. The fourth-order valence-corrected chi connectivity index (χ4v) is 3.58. The third-order valence-electron chi connectivity index (χ3n) is 2.99. The van der Waals surface area contributed by atoms with Crippen LogP contribution < -0.4 is 5.32 Å². The predicted octanol–water partition coefficient (Wildman–Crippen LogP) is 3.54. The monoisotopic (exact) mass is 379 g/mol. The Hall–Kier alpha value is -0.950. The van der Waals surface area contributed by atoms with Crippen LogP contribution in [0.2, 0.25) is 15.1 Å². The highest BCUT2D eigenvalue weighted by molar-refractivity contribution is 8.15. The molecular weight excluding hydrogens is 369 g/mol. The van der Waals surface area contributed by atoms with Gasteiger partial charge in [-0.2, -0.15) is 0 Å². The number of rotatable bonds is 3. The molecule has 0 aliphatic carbocycles. The number of nitrogens with zero attached hydrogens (tertiary/aromatic N) is 2.